The van der Waals surface area contributed by atoms with Gasteiger partial charge in [0.05, 0.1) is 6.04 Å². The summed E-state index contributed by atoms with van der Waals surface area (Å²) in [6.45, 7) is 9.33. The fourth-order valence-corrected chi connectivity index (χ4v) is 3.00. The summed E-state index contributed by atoms with van der Waals surface area (Å²) in [5, 5.41) is 8.28. The molecule has 1 aliphatic heterocycles. The molecular formula is C15H24N6O. The Bertz CT molecular complexity index is 579. The van der Waals surface area contributed by atoms with Crippen LogP contribution in [0.4, 0.5) is 0 Å². The second-order valence-corrected chi connectivity index (χ2v) is 6.44. The van der Waals surface area contributed by atoms with E-state index in [0.29, 0.717) is 11.8 Å². The number of rotatable bonds is 5. The summed E-state index contributed by atoms with van der Waals surface area (Å²) in [6, 6.07) is 0.165. The number of hydrogen-bond acceptors (Lipinski definition) is 6. The van der Waals surface area contributed by atoms with E-state index in [1.54, 1.807) is 12.7 Å². The van der Waals surface area contributed by atoms with Crippen molar-refractivity contribution >= 4 is 0 Å². The monoisotopic (exact) mass is 304 g/mol. The van der Waals surface area contributed by atoms with E-state index in [9.17, 15) is 0 Å². The second-order valence-electron chi connectivity index (χ2n) is 6.44. The van der Waals surface area contributed by atoms with Gasteiger partial charge in [0.2, 0.25) is 5.89 Å². The average molecular weight is 304 g/mol. The zero-order valence-electron chi connectivity index (χ0n) is 13.5. The van der Waals surface area contributed by atoms with Crippen LogP contribution in [0.25, 0.3) is 0 Å². The molecule has 2 unspecified atom stereocenters. The van der Waals surface area contributed by atoms with Gasteiger partial charge in [-0.05, 0) is 32.2 Å². The Morgan fingerprint density at radius 2 is 2.23 bits per heavy atom. The van der Waals surface area contributed by atoms with E-state index in [4.69, 9.17) is 4.52 Å². The fraction of sp³-hybridized carbons (Fsp3) is 0.733. The zero-order chi connectivity index (χ0) is 15.5. The predicted molar refractivity (Wildman–Crippen MR) is 81.1 cm³/mol. The Morgan fingerprint density at radius 3 is 2.91 bits per heavy atom. The van der Waals surface area contributed by atoms with Crippen molar-refractivity contribution in [1.29, 1.82) is 0 Å². The van der Waals surface area contributed by atoms with Crippen LogP contribution in [-0.2, 0) is 6.54 Å². The minimum atomic E-state index is 0.165. The summed E-state index contributed by atoms with van der Waals surface area (Å²) >= 11 is 0. The number of hydrogen-bond donors (Lipinski definition) is 0. The quantitative estimate of drug-likeness (QED) is 0.843. The van der Waals surface area contributed by atoms with Gasteiger partial charge in [-0.1, -0.05) is 19.0 Å². The molecule has 0 amide bonds. The molecule has 0 N–H and O–H groups in total. The maximum absolute atomic E-state index is 5.45. The molecule has 1 saturated heterocycles. The van der Waals surface area contributed by atoms with Crippen LogP contribution in [0, 0.1) is 5.92 Å². The molecule has 7 heteroatoms. The Kier molecular flexibility index (Phi) is 4.52. The highest BCUT2D eigenvalue weighted by atomic mass is 16.5. The van der Waals surface area contributed by atoms with Crippen LogP contribution in [0.1, 0.15) is 57.3 Å². The lowest BCUT2D eigenvalue weighted by Crippen LogP contribution is -2.38. The molecule has 0 aromatic carbocycles. The first-order chi connectivity index (χ1) is 10.6. The van der Waals surface area contributed by atoms with Crippen molar-refractivity contribution in [2.75, 3.05) is 13.1 Å². The van der Waals surface area contributed by atoms with Crippen LogP contribution in [-0.4, -0.2) is 42.9 Å². The summed E-state index contributed by atoms with van der Waals surface area (Å²) in [6.07, 6.45) is 5.80. The van der Waals surface area contributed by atoms with E-state index in [-0.39, 0.29) is 6.04 Å². The zero-order valence-corrected chi connectivity index (χ0v) is 13.5. The Hall–Kier alpha value is -1.76. The topological polar surface area (TPSA) is 72.9 Å². The molecule has 120 valence electrons. The summed E-state index contributed by atoms with van der Waals surface area (Å²) in [7, 11) is 0. The molecule has 2 aromatic heterocycles. The molecule has 22 heavy (non-hydrogen) atoms. The summed E-state index contributed by atoms with van der Waals surface area (Å²) in [5.41, 5.74) is 0. The van der Waals surface area contributed by atoms with Crippen molar-refractivity contribution in [3.05, 3.63) is 24.4 Å². The molecule has 2 aromatic rings. The standard InChI is InChI=1S/C15H24N6O/c1-11(2)14-18-15(22-19-14)12(3)20-6-4-5-13(7-20)8-21-10-16-9-17-21/h9-13H,4-8H2,1-3H3. The third-order valence-electron chi connectivity index (χ3n) is 4.34. The largest absolute Gasteiger partial charge is 0.338 e. The lowest BCUT2D eigenvalue weighted by Gasteiger charge is -2.35. The first-order valence-corrected chi connectivity index (χ1v) is 8.03. The van der Waals surface area contributed by atoms with Gasteiger partial charge in [-0.25, -0.2) is 4.98 Å². The van der Waals surface area contributed by atoms with Crippen LogP contribution in [0.3, 0.4) is 0 Å². The highest BCUT2D eigenvalue weighted by Crippen LogP contribution is 2.27. The first-order valence-electron chi connectivity index (χ1n) is 8.03. The second kappa shape index (κ2) is 6.56. The van der Waals surface area contributed by atoms with Crippen molar-refractivity contribution in [2.45, 2.75) is 52.1 Å². The van der Waals surface area contributed by atoms with Gasteiger partial charge in [-0.2, -0.15) is 10.1 Å². The number of piperidine rings is 1. The van der Waals surface area contributed by atoms with Gasteiger partial charge in [-0.15, -0.1) is 0 Å². The lowest BCUT2D eigenvalue weighted by molar-refractivity contribution is 0.102. The van der Waals surface area contributed by atoms with Crippen LogP contribution >= 0.6 is 0 Å². The molecule has 0 radical (unpaired) electrons. The van der Waals surface area contributed by atoms with Gasteiger partial charge in [0.25, 0.3) is 0 Å². The van der Waals surface area contributed by atoms with Crippen LogP contribution in [0.2, 0.25) is 0 Å². The van der Waals surface area contributed by atoms with Gasteiger partial charge in [0, 0.05) is 19.0 Å². The molecule has 0 bridgehead atoms. The molecule has 0 saturated carbocycles. The molecule has 0 spiro atoms. The van der Waals surface area contributed by atoms with Crippen LogP contribution < -0.4 is 0 Å². The van der Waals surface area contributed by atoms with Crippen molar-refractivity contribution < 1.29 is 4.52 Å². The minimum absolute atomic E-state index is 0.165. The van der Waals surface area contributed by atoms with Crippen LogP contribution in [0.15, 0.2) is 17.2 Å². The van der Waals surface area contributed by atoms with Crippen molar-refractivity contribution in [2.24, 2.45) is 5.92 Å². The SMILES string of the molecule is CC(C)c1noc(C(C)N2CCCC(Cn3cncn3)C2)n1. The van der Waals surface area contributed by atoms with E-state index >= 15 is 0 Å². The van der Waals surface area contributed by atoms with E-state index in [1.807, 2.05) is 4.68 Å². The van der Waals surface area contributed by atoms with Crippen LogP contribution in [0.5, 0.6) is 0 Å². The van der Waals surface area contributed by atoms with E-state index in [2.05, 4.69) is 45.9 Å². The Balaban J connectivity index is 1.63. The third-order valence-corrected chi connectivity index (χ3v) is 4.34. The molecule has 2 atom stereocenters. The Labute approximate surface area is 130 Å². The Morgan fingerprint density at radius 1 is 1.36 bits per heavy atom. The molecule has 0 aliphatic carbocycles. The number of likely N-dealkylation sites (tertiary alicyclic amines) is 1. The number of nitrogens with zero attached hydrogens (tertiary/aromatic N) is 6. The van der Waals surface area contributed by atoms with Crippen molar-refractivity contribution in [3.63, 3.8) is 0 Å². The van der Waals surface area contributed by atoms with Crippen molar-refractivity contribution in [3.8, 4) is 0 Å². The smallest absolute Gasteiger partial charge is 0.243 e. The third kappa shape index (κ3) is 3.35. The van der Waals surface area contributed by atoms with Crippen molar-refractivity contribution in [1.82, 2.24) is 29.8 Å². The summed E-state index contributed by atoms with van der Waals surface area (Å²) in [4.78, 5) is 11.0. The molecule has 1 fully saturated rings. The highest BCUT2D eigenvalue weighted by Gasteiger charge is 2.28. The maximum Gasteiger partial charge on any atom is 0.243 e. The molecule has 3 rings (SSSR count). The van der Waals surface area contributed by atoms with Gasteiger partial charge in [0.1, 0.15) is 12.7 Å². The predicted octanol–water partition coefficient (Wildman–Crippen LogP) is 2.26. The lowest BCUT2D eigenvalue weighted by atomic mass is 9.97. The molecule has 3 heterocycles. The first kappa shape index (κ1) is 15.1. The van der Waals surface area contributed by atoms with Gasteiger partial charge in [-0.3, -0.25) is 9.58 Å². The average Bonchev–Trinajstić information content (AvgIpc) is 3.18. The number of aromatic nitrogens is 5. The van der Waals surface area contributed by atoms with E-state index in [1.165, 1.54) is 12.8 Å². The van der Waals surface area contributed by atoms with E-state index in [0.717, 1.165) is 31.3 Å². The molecule has 7 nitrogen and oxygen atoms in total. The van der Waals surface area contributed by atoms with Gasteiger partial charge < -0.3 is 4.52 Å². The maximum atomic E-state index is 5.45. The normalized spacial score (nSPS) is 21.4. The molecular weight excluding hydrogens is 280 g/mol. The summed E-state index contributed by atoms with van der Waals surface area (Å²) in [5.74, 6) is 2.40. The fourth-order valence-electron chi connectivity index (χ4n) is 3.00. The van der Waals surface area contributed by atoms with Gasteiger partial charge >= 0.3 is 0 Å². The van der Waals surface area contributed by atoms with Gasteiger partial charge in [0.15, 0.2) is 5.82 Å². The highest BCUT2D eigenvalue weighted by molar-refractivity contribution is 4.96. The minimum Gasteiger partial charge on any atom is -0.338 e. The van der Waals surface area contributed by atoms with E-state index < -0.39 is 0 Å². The molecule has 1 aliphatic rings. The summed E-state index contributed by atoms with van der Waals surface area (Å²) < 4.78 is 7.37.